The van der Waals surface area contributed by atoms with Gasteiger partial charge in [0.1, 0.15) is 6.61 Å². The Bertz CT molecular complexity index is 616. The number of hydrogen-bond acceptors (Lipinski definition) is 4. The summed E-state index contributed by atoms with van der Waals surface area (Å²) in [4.78, 5) is 26.9. The van der Waals surface area contributed by atoms with Crippen molar-refractivity contribution in [2.45, 2.75) is 76.2 Å². The van der Waals surface area contributed by atoms with Gasteiger partial charge < -0.3 is 20.7 Å². The van der Waals surface area contributed by atoms with Crippen LogP contribution in [-0.4, -0.2) is 41.1 Å². The quantitative estimate of drug-likeness (QED) is 0.817. The molecule has 3 N–H and O–H groups in total. The van der Waals surface area contributed by atoms with Crippen molar-refractivity contribution < 1.29 is 14.3 Å². The molecule has 26 heavy (non-hydrogen) atoms. The van der Waals surface area contributed by atoms with Crippen LogP contribution in [0, 0.1) is 0 Å². The van der Waals surface area contributed by atoms with E-state index in [1.54, 1.807) is 6.92 Å². The molecule has 0 bridgehead atoms. The highest BCUT2D eigenvalue weighted by atomic mass is 16.5. The molecular formula is C20H29N3O3. The lowest BCUT2D eigenvalue weighted by atomic mass is 9.88. The molecule has 0 unspecified atom stereocenters. The Morgan fingerprint density at radius 2 is 1.88 bits per heavy atom. The number of nitrogens with zero attached hydrogens (tertiary/aromatic N) is 1. The van der Waals surface area contributed by atoms with Crippen LogP contribution < -0.4 is 11.1 Å². The zero-order valence-corrected chi connectivity index (χ0v) is 15.4. The third kappa shape index (κ3) is 4.75. The normalized spacial score (nSPS) is 23.8. The fraction of sp³-hybridized carbons (Fsp3) is 0.600. The van der Waals surface area contributed by atoms with Crippen LogP contribution in [0.3, 0.4) is 0 Å². The predicted molar refractivity (Wildman–Crippen MR) is 99.3 cm³/mol. The van der Waals surface area contributed by atoms with Crippen molar-refractivity contribution in [1.82, 2.24) is 10.2 Å². The second kappa shape index (κ2) is 8.54. The van der Waals surface area contributed by atoms with Gasteiger partial charge in [-0.3, -0.25) is 4.79 Å². The number of carbonyl (C=O) groups is 2. The number of benzene rings is 1. The average Bonchev–Trinajstić information content (AvgIpc) is 3.47. The van der Waals surface area contributed by atoms with Crippen molar-refractivity contribution in [2.24, 2.45) is 5.73 Å². The van der Waals surface area contributed by atoms with E-state index in [1.165, 1.54) is 0 Å². The van der Waals surface area contributed by atoms with E-state index in [4.69, 9.17) is 10.5 Å². The first kappa shape index (κ1) is 18.7. The van der Waals surface area contributed by atoms with E-state index >= 15 is 0 Å². The Morgan fingerprint density at radius 3 is 2.54 bits per heavy atom. The van der Waals surface area contributed by atoms with E-state index in [9.17, 15) is 9.59 Å². The number of nitrogens with one attached hydrogen (secondary N) is 1. The fourth-order valence-corrected chi connectivity index (χ4v) is 3.73. The Labute approximate surface area is 155 Å². The van der Waals surface area contributed by atoms with Crippen LogP contribution in [0.5, 0.6) is 0 Å². The van der Waals surface area contributed by atoms with Crippen molar-refractivity contribution in [3.05, 3.63) is 35.9 Å². The molecule has 0 aromatic heterocycles. The molecular weight excluding hydrogens is 330 g/mol. The number of hydrogen-bond donors (Lipinski definition) is 2. The topological polar surface area (TPSA) is 84.7 Å². The van der Waals surface area contributed by atoms with Gasteiger partial charge in [0, 0.05) is 6.04 Å². The summed E-state index contributed by atoms with van der Waals surface area (Å²) in [5.41, 5.74) is 6.82. The van der Waals surface area contributed by atoms with Gasteiger partial charge in [-0.2, -0.15) is 0 Å². The largest absolute Gasteiger partial charge is 0.445 e. The molecule has 0 spiro atoms. The molecule has 2 fully saturated rings. The second-order valence-electron chi connectivity index (χ2n) is 7.43. The van der Waals surface area contributed by atoms with E-state index in [0.717, 1.165) is 44.1 Å². The Balaban J connectivity index is 1.60. The van der Waals surface area contributed by atoms with E-state index in [0.29, 0.717) is 0 Å². The van der Waals surface area contributed by atoms with Crippen LogP contribution in [0.2, 0.25) is 0 Å². The number of nitrogens with two attached hydrogens (primary N) is 1. The van der Waals surface area contributed by atoms with Crippen LogP contribution in [-0.2, 0) is 16.1 Å². The molecule has 1 aromatic carbocycles. The zero-order chi connectivity index (χ0) is 18.5. The van der Waals surface area contributed by atoms with E-state index < -0.39 is 12.1 Å². The summed E-state index contributed by atoms with van der Waals surface area (Å²) in [5.74, 6) is -0.0103. The van der Waals surface area contributed by atoms with Crippen LogP contribution in [0.15, 0.2) is 30.3 Å². The average molecular weight is 359 g/mol. The highest BCUT2D eigenvalue weighted by molar-refractivity contribution is 5.82. The van der Waals surface area contributed by atoms with Gasteiger partial charge in [0.15, 0.2) is 0 Å². The van der Waals surface area contributed by atoms with Crippen molar-refractivity contribution in [1.29, 1.82) is 0 Å². The molecule has 0 aliphatic heterocycles. The monoisotopic (exact) mass is 359 g/mol. The Hall–Kier alpha value is -2.08. The second-order valence-corrected chi connectivity index (χ2v) is 7.43. The van der Waals surface area contributed by atoms with Crippen molar-refractivity contribution in [3.8, 4) is 0 Å². The summed E-state index contributed by atoms with van der Waals surface area (Å²) >= 11 is 0. The van der Waals surface area contributed by atoms with Gasteiger partial charge in [-0.05, 0) is 38.2 Å². The van der Waals surface area contributed by atoms with Gasteiger partial charge in [0.25, 0.3) is 0 Å². The predicted octanol–water partition coefficient (Wildman–Crippen LogP) is 2.56. The third-order valence-corrected chi connectivity index (χ3v) is 5.19. The maximum atomic E-state index is 12.6. The lowest BCUT2D eigenvalue weighted by Crippen LogP contribution is -2.58. The van der Waals surface area contributed by atoms with Gasteiger partial charge in [-0.15, -0.1) is 0 Å². The molecule has 0 radical (unpaired) electrons. The number of ether oxygens (including phenoxy) is 1. The smallest absolute Gasteiger partial charge is 0.407 e. The molecule has 142 valence electrons. The highest BCUT2D eigenvalue weighted by Crippen LogP contribution is 2.34. The van der Waals surface area contributed by atoms with Crippen LogP contribution in [0.4, 0.5) is 4.79 Å². The molecule has 2 aliphatic carbocycles. The van der Waals surface area contributed by atoms with E-state index in [2.05, 4.69) is 5.32 Å². The Morgan fingerprint density at radius 1 is 1.19 bits per heavy atom. The first-order chi connectivity index (χ1) is 12.6. The summed E-state index contributed by atoms with van der Waals surface area (Å²) in [5, 5.41) is 3.00. The van der Waals surface area contributed by atoms with E-state index in [-0.39, 0.29) is 30.6 Å². The fourth-order valence-electron chi connectivity index (χ4n) is 3.73. The van der Waals surface area contributed by atoms with Crippen LogP contribution >= 0.6 is 0 Å². The zero-order valence-electron chi connectivity index (χ0n) is 15.4. The molecule has 2 amide bonds. The molecule has 2 saturated carbocycles. The minimum absolute atomic E-state index is 0.0103. The number of rotatable bonds is 6. The number of carbonyl (C=O) groups excluding carboxylic acids is 2. The molecule has 3 rings (SSSR count). The summed E-state index contributed by atoms with van der Waals surface area (Å²) in [6, 6.07) is 9.32. The van der Waals surface area contributed by atoms with Gasteiger partial charge >= 0.3 is 6.09 Å². The van der Waals surface area contributed by atoms with Gasteiger partial charge in [-0.1, -0.05) is 43.2 Å². The van der Waals surface area contributed by atoms with Crippen molar-refractivity contribution >= 4 is 12.0 Å². The molecule has 0 saturated heterocycles. The number of alkyl carbamates (subject to hydrolysis) is 1. The maximum Gasteiger partial charge on any atom is 0.407 e. The molecule has 3 atom stereocenters. The lowest BCUT2D eigenvalue weighted by molar-refractivity contribution is -0.136. The maximum absolute atomic E-state index is 12.6. The molecule has 6 nitrogen and oxygen atoms in total. The Kier molecular flexibility index (Phi) is 6.14. The third-order valence-electron chi connectivity index (χ3n) is 5.19. The van der Waals surface area contributed by atoms with Crippen molar-refractivity contribution in [2.75, 3.05) is 0 Å². The lowest BCUT2D eigenvalue weighted by Gasteiger charge is -2.41. The summed E-state index contributed by atoms with van der Waals surface area (Å²) < 4.78 is 5.36. The molecule has 2 aliphatic rings. The van der Waals surface area contributed by atoms with Crippen LogP contribution in [0.25, 0.3) is 0 Å². The summed E-state index contributed by atoms with van der Waals surface area (Å²) in [6.45, 7) is 1.98. The SMILES string of the molecule is C[C@H](N)C(=O)N(C1CC1)[C@@H]1CCCC[C@H]1NC(=O)OCc1ccccc1. The van der Waals surface area contributed by atoms with Crippen LogP contribution in [0.1, 0.15) is 51.0 Å². The molecule has 0 heterocycles. The minimum atomic E-state index is -0.511. The number of amides is 2. The highest BCUT2D eigenvalue weighted by Gasteiger charge is 2.42. The minimum Gasteiger partial charge on any atom is -0.445 e. The summed E-state index contributed by atoms with van der Waals surface area (Å²) in [6.07, 6.45) is 5.51. The van der Waals surface area contributed by atoms with Gasteiger partial charge in [-0.25, -0.2) is 4.79 Å². The standard InChI is InChI=1S/C20H29N3O3/c1-14(21)19(24)23(16-11-12-16)18-10-6-5-9-17(18)22-20(25)26-13-15-7-3-2-4-8-15/h2-4,7-8,14,16-18H,5-6,9-13,21H2,1H3,(H,22,25)/t14-,17+,18+/m0/s1. The first-order valence-electron chi connectivity index (χ1n) is 9.61. The van der Waals surface area contributed by atoms with Gasteiger partial charge in [0.2, 0.25) is 5.91 Å². The van der Waals surface area contributed by atoms with Gasteiger partial charge in [0.05, 0.1) is 18.1 Å². The molecule has 6 heteroatoms. The van der Waals surface area contributed by atoms with E-state index in [1.807, 2.05) is 35.2 Å². The van der Waals surface area contributed by atoms with Crippen molar-refractivity contribution in [3.63, 3.8) is 0 Å². The summed E-state index contributed by atoms with van der Waals surface area (Å²) in [7, 11) is 0. The molecule has 1 aromatic rings. The first-order valence-corrected chi connectivity index (χ1v) is 9.61.